The van der Waals surface area contributed by atoms with Crippen LogP contribution in [0.25, 0.3) is 0 Å². The highest BCUT2D eigenvalue weighted by molar-refractivity contribution is 4.83. The topological polar surface area (TPSA) is 32.3 Å². The van der Waals surface area contributed by atoms with Gasteiger partial charge in [-0.25, -0.2) is 0 Å². The van der Waals surface area contributed by atoms with Gasteiger partial charge in [0.05, 0.1) is 0 Å². The summed E-state index contributed by atoms with van der Waals surface area (Å²) in [5.41, 5.74) is 0.113. The van der Waals surface area contributed by atoms with E-state index in [0.717, 1.165) is 25.3 Å². The van der Waals surface area contributed by atoms with Gasteiger partial charge in [-0.2, -0.15) is 0 Å². The monoisotopic (exact) mass is 241 g/mol. The molecule has 17 heavy (non-hydrogen) atoms. The Kier molecular flexibility index (Phi) is 6.50. The molecule has 2 nitrogen and oxygen atoms in total. The second-order valence-electron chi connectivity index (χ2n) is 5.87. The first-order chi connectivity index (χ1) is 8.19. The van der Waals surface area contributed by atoms with Crippen molar-refractivity contribution in [1.29, 1.82) is 0 Å². The quantitative estimate of drug-likeness (QED) is 0.716. The van der Waals surface area contributed by atoms with Gasteiger partial charge in [0.1, 0.15) is 0 Å². The Balaban J connectivity index is 2.31. The summed E-state index contributed by atoms with van der Waals surface area (Å²) < 4.78 is 0. The summed E-state index contributed by atoms with van der Waals surface area (Å²) in [5, 5.41) is 13.2. The third kappa shape index (κ3) is 4.26. The third-order valence-electron chi connectivity index (χ3n) is 5.03. The van der Waals surface area contributed by atoms with E-state index in [9.17, 15) is 5.11 Å². The maximum absolute atomic E-state index is 9.55. The Morgan fingerprint density at radius 2 is 1.65 bits per heavy atom. The van der Waals surface area contributed by atoms with Gasteiger partial charge in [-0.15, -0.1) is 0 Å². The molecule has 0 bridgehead atoms. The molecule has 0 aromatic heterocycles. The fourth-order valence-electron chi connectivity index (χ4n) is 2.92. The zero-order chi connectivity index (χ0) is 12.7. The van der Waals surface area contributed by atoms with Crippen LogP contribution >= 0.6 is 0 Å². The van der Waals surface area contributed by atoms with Crippen LogP contribution in [-0.4, -0.2) is 24.3 Å². The summed E-state index contributed by atoms with van der Waals surface area (Å²) in [6, 6.07) is 0.696. The van der Waals surface area contributed by atoms with Crippen molar-refractivity contribution < 1.29 is 5.11 Å². The molecule has 1 rings (SSSR count). The molecular weight excluding hydrogens is 210 g/mol. The van der Waals surface area contributed by atoms with Crippen molar-refractivity contribution in [3.05, 3.63) is 0 Å². The molecule has 0 unspecified atom stereocenters. The van der Waals surface area contributed by atoms with Crippen LogP contribution < -0.4 is 5.32 Å². The molecule has 1 aliphatic rings. The van der Waals surface area contributed by atoms with Gasteiger partial charge in [-0.1, -0.05) is 27.2 Å². The molecule has 0 spiro atoms. The van der Waals surface area contributed by atoms with Crippen LogP contribution in [0.3, 0.4) is 0 Å². The van der Waals surface area contributed by atoms with Crippen LogP contribution in [0, 0.1) is 11.3 Å². The molecule has 1 fully saturated rings. The van der Waals surface area contributed by atoms with Crippen LogP contribution in [0.1, 0.15) is 65.7 Å². The number of hydrogen-bond donors (Lipinski definition) is 2. The molecule has 1 saturated carbocycles. The lowest BCUT2D eigenvalue weighted by molar-refractivity contribution is 0.106. The molecule has 2 heteroatoms. The van der Waals surface area contributed by atoms with Crippen molar-refractivity contribution in [2.24, 2.45) is 11.3 Å². The molecule has 0 aliphatic heterocycles. The van der Waals surface area contributed by atoms with Crippen molar-refractivity contribution >= 4 is 0 Å². The lowest BCUT2D eigenvalue weighted by Gasteiger charge is -2.34. The second kappa shape index (κ2) is 7.38. The maximum Gasteiger partial charge on any atom is 0.0499 e. The van der Waals surface area contributed by atoms with Gasteiger partial charge in [-0.3, -0.25) is 0 Å². The molecule has 0 atom stereocenters. The molecule has 2 N–H and O–H groups in total. The van der Waals surface area contributed by atoms with Crippen molar-refractivity contribution in [3.63, 3.8) is 0 Å². The molecule has 1 aliphatic carbocycles. The molecule has 102 valence electrons. The largest absolute Gasteiger partial charge is 0.396 e. The summed E-state index contributed by atoms with van der Waals surface area (Å²) in [4.78, 5) is 0. The second-order valence-corrected chi connectivity index (χ2v) is 5.87. The maximum atomic E-state index is 9.55. The van der Waals surface area contributed by atoms with E-state index < -0.39 is 0 Å². The highest BCUT2D eigenvalue weighted by atomic mass is 16.3. The zero-order valence-electron chi connectivity index (χ0n) is 12.0. The first kappa shape index (κ1) is 15.0. The summed E-state index contributed by atoms with van der Waals surface area (Å²) in [5.74, 6) is 0.966. The molecule has 0 saturated heterocycles. The number of hydrogen-bond acceptors (Lipinski definition) is 2. The fraction of sp³-hybridized carbons (Fsp3) is 1.00. The van der Waals surface area contributed by atoms with E-state index in [1.54, 1.807) is 0 Å². The standard InChI is InChI=1S/C15H31NO/c1-4-13-7-9-14(10-8-13)16-11-15(5-2,6-3)12-17/h13-14,16-17H,4-12H2,1-3H3. The van der Waals surface area contributed by atoms with Crippen LogP contribution in [0.4, 0.5) is 0 Å². The molecule has 0 heterocycles. The zero-order valence-corrected chi connectivity index (χ0v) is 12.0. The predicted octanol–water partition coefficient (Wildman–Crippen LogP) is 3.34. The first-order valence-corrected chi connectivity index (χ1v) is 7.54. The van der Waals surface area contributed by atoms with Crippen LogP contribution in [-0.2, 0) is 0 Å². The van der Waals surface area contributed by atoms with Gasteiger partial charge in [-0.05, 0) is 44.4 Å². The summed E-state index contributed by atoms with van der Waals surface area (Å²) in [6.45, 7) is 7.99. The van der Waals surface area contributed by atoms with E-state index in [-0.39, 0.29) is 5.41 Å². The van der Waals surface area contributed by atoms with Crippen molar-refractivity contribution in [2.45, 2.75) is 71.8 Å². The predicted molar refractivity (Wildman–Crippen MR) is 74.1 cm³/mol. The smallest absolute Gasteiger partial charge is 0.0499 e. The SMILES string of the molecule is CCC1CCC(NCC(CC)(CC)CO)CC1. The van der Waals surface area contributed by atoms with Crippen LogP contribution in [0.2, 0.25) is 0 Å². The van der Waals surface area contributed by atoms with Gasteiger partial charge < -0.3 is 10.4 Å². The molecule has 0 radical (unpaired) electrons. The first-order valence-electron chi connectivity index (χ1n) is 7.54. The molecule has 0 aromatic rings. The highest BCUT2D eigenvalue weighted by Crippen LogP contribution is 2.29. The van der Waals surface area contributed by atoms with E-state index in [0.29, 0.717) is 12.6 Å². The van der Waals surface area contributed by atoms with Crippen molar-refractivity contribution in [2.75, 3.05) is 13.2 Å². The van der Waals surface area contributed by atoms with Crippen molar-refractivity contribution in [3.8, 4) is 0 Å². The minimum Gasteiger partial charge on any atom is -0.396 e. The Morgan fingerprint density at radius 1 is 1.06 bits per heavy atom. The van der Waals surface area contributed by atoms with Crippen molar-refractivity contribution in [1.82, 2.24) is 5.32 Å². The Hall–Kier alpha value is -0.0800. The molecule has 0 aromatic carbocycles. The van der Waals surface area contributed by atoms with Gasteiger partial charge >= 0.3 is 0 Å². The highest BCUT2D eigenvalue weighted by Gasteiger charge is 2.27. The number of rotatable bonds is 7. The average Bonchev–Trinajstić information content (AvgIpc) is 2.41. The van der Waals surface area contributed by atoms with Crippen LogP contribution in [0.15, 0.2) is 0 Å². The Bertz CT molecular complexity index is 185. The lowest BCUT2D eigenvalue weighted by Crippen LogP contribution is -2.42. The van der Waals surface area contributed by atoms with Gasteiger partial charge in [0.25, 0.3) is 0 Å². The van der Waals surface area contributed by atoms with Crippen LogP contribution in [0.5, 0.6) is 0 Å². The third-order valence-corrected chi connectivity index (χ3v) is 5.03. The molecular formula is C15H31NO. The van der Waals surface area contributed by atoms with E-state index in [4.69, 9.17) is 0 Å². The molecule has 0 amide bonds. The Labute approximate surface area is 107 Å². The summed E-state index contributed by atoms with van der Waals surface area (Å²) in [7, 11) is 0. The van der Waals surface area contributed by atoms with Gasteiger partial charge in [0.15, 0.2) is 0 Å². The lowest BCUT2D eigenvalue weighted by atomic mass is 9.81. The van der Waals surface area contributed by atoms with E-state index in [2.05, 4.69) is 26.1 Å². The van der Waals surface area contributed by atoms with Gasteiger partial charge in [0.2, 0.25) is 0 Å². The fourth-order valence-corrected chi connectivity index (χ4v) is 2.92. The Morgan fingerprint density at radius 3 is 2.06 bits per heavy atom. The minimum atomic E-state index is 0.113. The minimum absolute atomic E-state index is 0.113. The normalized spacial score (nSPS) is 26.1. The number of nitrogens with one attached hydrogen (secondary N) is 1. The average molecular weight is 241 g/mol. The van der Waals surface area contributed by atoms with Gasteiger partial charge in [0, 0.05) is 24.6 Å². The van der Waals surface area contributed by atoms with E-state index in [1.807, 2.05) is 0 Å². The van der Waals surface area contributed by atoms with E-state index in [1.165, 1.54) is 32.1 Å². The summed E-state index contributed by atoms with van der Waals surface area (Å²) in [6.07, 6.45) is 8.91. The number of aliphatic hydroxyl groups is 1. The summed E-state index contributed by atoms with van der Waals surface area (Å²) >= 11 is 0. The number of aliphatic hydroxyl groups excluding tert-OH is 1. The van der Waals surface area contributed by atoms with E-state index >= 15 is 0 Å².